The van der Waals surface area contributed by atoms with Gasteiger partial charge in [-0.1, -0.05) is 139 Å². The maximum absolute atomic E-state index is 10.3. The first-order chi connectivity index (χ1) is 41.6. The van der Waals surface area contributed by atoms with Crippen LogP contribution in [-0.4, -0.2) is 13.7 Å². The normalized spacial score (nSPS) is 19.7. The number of hydrogen-bond donors (Lipinski definition) is 0. The van der Waals surface area contributed by atoms with Gasteiger partial charge in [0.15, 0.2) is 0 Å². The largest absolute Gasteiger partial charge is 0.309 e. The molecule has 0 bridgehead atoms. The Kier molecular flexibility index (Phi) is 2.96. The number of benzene rings is 9. The summed E-state index contributed by atoms with van der Waals surface area (Å²) >= 11 is 0. The highest BCUT2D eigenvalue weighted by Gasteiger charge is 2.21. The molecule has 0 saturated carbocycles. The first-order valence-corrected chi connectivity index (χ1v) is 17.0. The van der Waals surface area contributed by atoms with Gasteiger partial charge in [-0.3, -0.25) is 0 Å². The Morgan fingerprint density at radius 2 is 0.719 bits per heavy atom. The Labute approximate surface area is 374 Å². The van der Waals surface area contributed by atoms with Crippen LogP contribution in [0.25, 0.3) is 105 Å². The lowest BCUT2D eigenvalue weighted by Crippen LogP contribution is -1.98. The smallest absolute Gasteiger partial charge is 0.0652 e. The minimum Gasteiger partial charge on any atom is -0.309 e. The zero-order valence-corrected chi connectivity index (χ0v) is 28.6. The van der Waals surface area contributed by atoms with Crippen molar-refractivity contribution in [3.05, 3.63) is 212 Å². The van der Waals surface area contributed by atoms with Gasteiger partial charge in [0.25, 0.3) is 0 Å². The van der Waals surface area contributed by atoms with Gasteiger partial charge in [0.2, 0.25) is 0 Å². The number of para-hydroxylation sites is 4. The Balaban J connectivity index is 1.33. The van der Waals surface area contributed by atoms with E-state index in [4.69, 9.17) is 27.4 Å². The summed E-state index contributed by atoms with van der Waals surface area (Å²) in [6, 6.07) is -25.3. The number of fused-ring (bicyclic) bond motifs is 9. The monoisotopic (exact) mass is 757 g/mol. The number of aromatic nitrogens is 3. The minimum absolute atomic E-state index is 0.315. The minimum atomic E-state index is -1.08. The van der Waals surface area contributed by atoms with Crippen molar-refractivity contribution in [2.45, 2.75) is 0 Å². The molecule has 0 aliphatic rings. The summed E-state index contributed by atoms with van der Waals surface area (Å²) in [5.74, 6) is 0. The van der Waals surface area contributed by atoms with Crippen LogP contribution in [0.2, 0.25) is 0 Å². The summed E-state index contributed by atoms with van der Waals surface area (Å²) < 4.78 is 293. The fourth-order valence-electron chi connectivity index (χ4n) is 7.29. The van der Waals surface area contributed by atoms with Crippen LogP contribution >= 0.6 is 0 Å². The van der Waals surface area contributed by atoms with Gasteiger partial charge in [-0.15, -0.1) is 0 Å². The Morgan fingerprint density at radius 1 is 0.281 bits per heavy atom. The van der Waals surface area contributed by atoms with E-state index >= 15 is 0 Å². The second-order valence-electron chi connectivity index (χ2n) is 12.6. The third-order valence-electron chi connectivity index (χ3n) is 9.58. The molecular formula is C54H35N3. The lowest BCUT2D eigenvalue weighted by molar-refractivity contribution is 1.16. The molecule has 3 nitrogen and oxygen atoms in total. The third kappa shape index (κ3) is 4.79. The summed E-state index contributed by atoms with van der Waals surface area (Å²) in [6.45, 7) is 0. The van der Waals surface area contributed by atoms with E-state index in [1.165, 1.54) is 0 Å². The van der Waals surface area contributed by atoms with Crippen molar-refractivity contribution >= 4 is 65.4 Å². The van der Waals surface area contributed by atoms with Crippen LogP contribution in [0.15, 0.2) is 212 Å². The molecule has 0 atom stereocenters. The molecule has 0 unspecified atom stereocenters. The second kappa shape index (κ2) is 12.5. The number of hydrogen-bond acceptors (Lipinski definition) is 0. The van der Waals surface area contributed by atoms with E-state index in [1.54, 1.807) is 0 Å². The van der Waals surface area contributed by atoms with E-state index in [0.29, 0.717) is 0 Å². The Morgan fingerprint density at radius 3 is 1.32 bits per heavy atom. The third-order valence-corrected chi connectivity index (χ3v) is 9.58. The van der Waals surface area contributed by atoms with Crippen molar-refractivity contribution in [2.24, 2.45) is 0 Å². The van der Waals surface area contributed by atoms with Crippen molar-refractivity contribution in [2.75, 3.05) is 0 Å². The SMILES string of the molecule is [2H]c1c([2H])c([2H])c(-c2cc(-c3c([2H])c([2H])c([2H])c([2H])c3[2H])cc(-n3c4c([2H])c([2H])c([2H])c([2H])c4c4c([2H])c(-n5c6c([2H])c([2H])c([2H])c([2H])c6c6c(-n7c8c([2H])c([2H])c([2H])c([2H])c8c8c([2H])c([2H])c([2H])c([2H])c87)c([2H])c([2H])c([2H])c65)c([2H])c([2H])c43)c2)c([2H])c1[2H]. The predicted octanol–water partition coefficient (Wildman–Crippen LogP) is 14.3. The van der Waals surface area contributed by atoms with Gasteiger partial charge in [0, 0.05) is 43.7 Å². The average Bonchev–Trinajstić information content (AvgIpc) is 1.53. The van der Waals surface area contributed by atoms with Crippen LogP contribution in [0.4, 0.5) is 0 Å². The summed E-state index contributed by atoms with van der Waals surface area (Å²) in [6.07, 6.45) is 0. The summed E-state index contributed by atoms with van der Waals surface area (Å²) in [5, 5.41) is -3.52. The van der Waals surface area contributed by atoms with Crippen LogP contribution in [-0.2, 0) is 0 Å². The molecular weight excluding hydrogens is 691 g/mol. The molecule has 3 heteroatoms. The molecule has 0 radical (unpaired) electrons. The molecule has 0 fully saturated rings. The molecule has 0 aliphatic carbocycles. The van der Waals surface area contributed by atoms with Gasteiger partial charge in [0.05, 0.1) is 82.7 Å². The summed E-state index contributed by atoms with van der Waals surface area (Å²) in [4.78, 5) is 0. The molecule has 3 aromatic heterocycles. The van der Waals surface area contributed by atoms with E-state index in [1.807, 2.05) is 0 Å². The van der Waals surface area contributed by atoms with Gasteiger partial charge in [-0.25, -0.2) is 0 Å². The standard InChI is InChI=1S/C54H35N3/c1-3-16-36(17-4-1)38-32-39(37-18-5-2-6-19-37)34-41(33-38)56-47-24-11-9-22-44(47)46-35-40(30-31-51(46)56)55-50-27-14-10-23-45(50)54-52(55)28-15-29-53(54)57-48-25-12-7-20-42(48)43-21-8-13-26-49(43)57/h1-35H/i1D,2D,3D,4D,5D,6D,7D,8D,9D,10D,11D,12D,13D,14D,15D,16D,17D,18D,19D,20D,21D,22D,23D,24D,25D,26D,27D,28D,29D,30D,31D,35D. The van der Waals surface area contributed by atoms with Crippen LogP contribution in [0.1, 0.15) is 43.9 Å². The van der Waals surface area contributed by atoms with Crippen LogP contribution < -0.4 is 0 Å². The van der Waals surface area contributed by atoms with Gasteiger partial charge in [0.1, 0.15) is 0 Å². The van der Waals surface area contributed by atoms with E-state index in [2.05, 4.69) is 0 Å². The van der Waals surface area contributed by atoms with Crippen molar-refractivity contribution in [3.8, 4) is 39.3 Å². The molecule has 0 aliphatic heterocycles. The average molecular weight is 758 g/mol. The quantitative estimate of drug-likeness (QED) is 0.166. The zero-order chi connectivity index (χ0) is 65.3. The van der Waals surface area contributed by atoms with Gasteiger partial charge < -0.3 is 13.7 Å². The molecule has 57 heavy (non-hydrogen) atoms. The van der Waals surface area contributed by atoms with E-state index < -0.39 is 281 Å². The molecule has 12 aromatic rings. The lowest BCUT2D eigenvalue weighted by atomic mass is 9.98. The predicted molar refractivity (Wildman–Crippen MR) is 240 cm³/mol. The van der Waals surface area contributed by atoms with E-state index in [-0.39, 0.29) is 16.8 Å². The zero-order valence-electron chi connectivity index (χ0n) is 60.6. The Hall–Kier alpha value is -7.62. The maximum atomic E-state index is 10.3. The van der Waals surface area contributed by atoms with Gasteiger partial charge in [-0.05, 0) is 94.8 Å². The Bertz CT molecular complexity index is 5180. The molecule has 9 aromatic carbocycles. The molecule has 0 saturated heterocycles. The highest BCUT2D eigenvalue weighted by Crippen LogP contribution is 2.42. The molecule has 3 heterocycles. The van der Waals surface area contributed by atoms with Gasteiger partial charge >= 0.3 is 0 Å². The van der Waals surface area contributed by atoms with Crippen molar-refractivity contribution in [1.29, 1.82) is 0 Å². The highest BCUT2D eigenvalue weighted by atomic mass is 15.0. The summed E-state index contributed by atoms with van der Waals surface area (Å²) in [5.41, 5.74) is -7.57. The van der Waals surface area contributed by atoms with Crippen molar-refractivity contribution < 1.29 is 43.9 Å². The summed E-state index contributed by atoms with van der Waals surface area (Å²) in [7, 11) is 0. The number of rotatable bonds is 5. The van der Waals surface area contributed by atoms with Crippen LogP contribution in [0.5, 0.6) is 0 Å². The molecule has 0 spiro atoms. The number of nitrogens with zero attached hydrogens (tertiary/aromatic N) is 3. The van der Waals surface area contributed by atoms with Crippen LogP contribution in [0, 0.1) is 0 Å². The molecule has 12 rings (SSSR count). The fourth-order valence-corrected chi connectivity index (χ4v) is 7.29. The lowest BCUT2D eigenvalue weighted by Gasteiger charge is -2.14. The van der Waals surface area contributed by atoms with E-state index in [9.17, 15) is 16.4 Å². The van der Waals surface area contributed by atoms with Gasteiger partial charge in [-0.2, -0.15) is 0 Å². The highest BCUT2D eigenvalue weighted by molar-refractivity contribution is 6.17. The molecule has 266 valence electrons. The first-order valence-electron chi connectivity index (χ1n) is 33.0. The first kappa shape index (κ1) is 13.5. The second-order valence-corrected chi connectivity index (χ2v) is 12.6. The van der Waals surface area contributed by atoms with Crippen molar-refractivity contribution in [1.82, 2.24) is 13.7 Å². The van der Waals surface area contributed by atoms with Crippen LogP contribution in [0.3, 0.4) is 0 Å². The van der Waals surface area contributed by atoms with Crippen molar-refractivity contribution in [3.63, 3.8) is 0 Å². The topological polar surface area (TPSA) is 14.8 Å². The molecule has 0 amide bonds. The van der Waals surface area contributed by atoms with E-state index in [0.717, 1.165) is 31.9 Å². The fraction of sp³-hybridized carbons (Fsp3) is 0. The molecule has 0 N–H and O–H groups in total. The maximum Gasteiger partial charge on any atom is 0.0652 e.